The highest BCUT2D eigenvalue weighted by molar-refractivity contribution is 7.12. The summed E-state index contributed by atoms with van der Waals surface area (Å²) < 4.78 is 0. The van der Waals surface area contributed by atoms with Crippen molar-refractivity contribution in [1.29, 1.82) is 5.26 Å². The fourth-order valence-corrected chi connectivity index (χ4v) is 5.05. The Morgan fingerprint density at radius 2 is 2.08 bits per heavy atom. The van der Waals surface area contributed by atoms with Gasteiger partial charge in [-0.25, -0.2) is 5.01 Å². The third-order valence-corrected chi connectivity index (χ3v) is 6.36. The van der Waals surface area contributed by atoms with Crippen LogP contribution in [0.3, 0.4) is 0 Å². The van der Waals surface area contributed by atoms with Crippen LogP contribution in [-0.2, 0) is 11.2 Å². The van der Waals surface area contributed by atoms with E-state index in [1.54, 1.807) is 11.3 Å². The molecule has 138 valence electrons. The van der Waals surface area contributed by atoms with Crippen molar-refractivity contribution in [1.82, 2.24) is 10.0 Å². The number of hydrogen-bond acceptors (Lipinski definition) is 6. The number of nitrogens with zero attached hydrogens (tertiary/aromatic N) is 3. The molecular weight excluding hydrogens is 344 g/mol. The third kappa shape index (κ3) is 2.95. The Hall–Kier alpha value is -2.10. The van der Waals surface area contributed by atoms with Gasteiger partial charge < -0.3 is 5.73 Å². The molecule has 1 aromatic heterocycles. The molecule has 3 rings (SSSR count). The van der Waals surface area contributed by atoms with Crippen molar-refractivity contribution in [2.45, 2.75) is 46.0 Å². The summed E-state index contributed by atoms with van der Waals surface area (Å²) >= 11 is 1.67. The number of ketones is 1. The van der Waals surface area contributed by atoms with E-state index in [0.717, 1.165) is 29.0 Å². The molecule has 1 unspecified atom stereocenters. The normalized spacial score (nSPS) is 22.7. The van der Waals surface area contributed by atoms with E-state index in [4.69, 9.17) is 5.73 Å². The summed E-state index contributed by atoms with van der Waals surface area (Å²) in [4.78, 5) is 15.4. The molecule has 2 heterocycles. The van der Waals surface area contributed by atoms with Crippen molar-refractivity contribution >= 4 is 17.1 Å². The minimum atomic E-state index is -0.347. The van der Waals surface area contributed by atoms with Gasteiger partial charge in [0.05, 0.1) is 17.6 Å². The fraction of sp³-hybridized carbons (Fsp3) is 0.500. The van der Waals surface area contributed by atoms with E-state index in [2.05, 4.69) is 32.9 Å². The zero-order valence-electron chi connectivity index (χ0n) is 16.1. The standard InChI is InChI=1S/C20H26N4OS/c1-6-12-7-8-16(26-12)17-13(11-21)19(22)24(23(4)5)14-9-20(2,3)10-15(25)18(14)17/h7-8,17H,6,9-10,22H2,1-5H3. The smallest absolute Gasteiger partial charge is 0.162 e. The number of nitriles is 1. The van der Waals surface area contributed by atoms with Crippen LogP contribution in [0.15, 0.2) is 34.8 Å². The molecule has 1 aliphatic heterocycles. The van der Waals surface area contributed by atoms with E-state index in [9.17, 15) is 10.1 Å². The summed E-state index contributed by atoms with van der Waals surface area (Å²) in [7, 11) is 3.78. The van der Waals surface area contributed by atoms with Crippen LogP contribution in [0.4, 0.5) is 0 Å². The van der Waals surface area contributed by atoms with Crippen LogP contribution in [0.1, 0.15) is 49.3 Å². The molecule has 1 aromatic rings. The molecule has 0 aromatic carbocycles. The lowest BCUT2D eigenvalue weighted by Gasteiger charge is -2.45. The highest BCUT2D eigenvalue weighted by Gasteiger charge is 2.45. The fourth-order valence-electron chi connectivity index (χ4n) is 3.97. The van der Waals surface area contributed by atoms with Gasteiger partial charge in [0.15, 0.2) is 5.78 Å². The van der Waals surface area contributed by atoms with E-state index in [1.807, 2.05) is 30.2 Å². The molecular formula is C20H26N4OS. The molecule has 2 N–H and O–H groups in total. The number of nitrogens with two attached hydrogens (primary N) is 1. The lowest BCUT2D eigenvalue weighted by molar-refractivity contribution is -0.119. The van der Waals surface area contributed by atoms with Gasteiger partial charge >= 0.3 is 0 Å². The number of carbonyl (C=O) groups excluding carboxylic acids is 1. The maximum atomic E-state index is 13.2. The summed E-state index contributed by atoms with van der Waals surface area (Å²) in [5, 5.41) is 13.6. The first-order valence-corrected chi connectivity index (χ1v) is 9.73. The first kappa shape index (κ1) is 18.7. The molecule has 0 bridgehead atoms. The number of allylic oxidation sites excluding steroid dienone is 3. The molecule has 0 saturated heterocycles. The average Bonchev–Trinajstić information content (AvgIpc) is 3.00. The lowest BCUT2D eigenvalue weighted by Crippen LogP contribution is -2.47. The minimum Gasteiger partial charge on any atom is -0.383 e. The second-order valence-electron chi connectivity index (χ2n) is 7.96. The highest BCUT2D eigenvalue weighted by atomic mass is 32.1. The van der Waals surface area contributed by atoms with E-state index in [1.165, 1.54) is 4.88 Å². The molecule has 0 fully saturated rings. The molecule has 6 heteroatoms. The van der Waals surface area contributed by atoms with Gasteiger partial charge in [-0.1, -0.05) is 20.8 Å². The Labute approximate surface area is 159 Å². The first-order valence-electron chi connectivity index (χ1n) is 8.92. The SMILES string of the molecule is CCc1ccc(C2C(C#N)=C(N)N(N(C)C)C3=C2C(=O)CC(C)(C)C3)s1. The van der Waals surface area contributed by atoms with Crippen LogP contribution < -0.4 is 5.73 Å². The number of hydrazine groups is 1. The van der Waals surface area contributed by atoms with E-state index >= 15 is 0 Å². The second kappa shape index (κ2) is 6.57. The largest absolute Gasteiger partial charge is 0.383 e. The van der Waals surface area contributed by atoms with Crippen LogP contribution in [0, 0.1) is 16.7 Å². The maximum absolute atomic E-state index is 13.2. The molecule has 0 radical (unpaired) electrons. The van der Waals surface area contributed by atoms with Gasteiger partial charge in [0, 0.05) is 41.5 Å². The van der Waals surface area contributed by atoms with E-state index in [0.29, 0.717) is 17.8 Å². The topological polar surface area (TPSA) is 73.4 Å². The summed E-state index contributed by atoms with van der Waals surface area (Å²) in [5.41, 5.74) is 8.47. The van der Waals surface area contributed by atoms with Gasteiger partial charge in [-0.3, -0.25) is 9.80 Å². The Morgan fingerprint density at radius 1 is 1.38 bits per heavy atom. The molecule has 0 amide bonds. The number of Topliss-reactive ketones (excluding diaryl/α,β-unsaturated/α-hetero) is 1. The predicted octanol–water partition coefficient (Wildman–Crippen LogP) is 3.52. The van der Waals surface area contributed by atoms with Gasteiger partial charge in [0.2, 0.25) is 0 Å². The van der Waals surface area contributed by atoms with E-state index in [-0.39, 0.29) is 17.1 Å². The molecule has 26 heavy (non-hydrogen) atoms. The van der Waals surface area contributed by atoms with Gasteiger partial charge in [0.25, 0.3) is 0 Å². The molecule has 1 atom stereocenters. The van der Waals surface area contributed by atoms with Gasteiger partial charge in [-0.2, -0.15) is 5.26 Å². The Bertz CT molecular complexity index is 853. The van der Waals surface area contributed by atoms with Crippen molar-refractivity contribution in [3.63, 3.8) is 0 Å². The molecule has 1 aliphatic carbocycles. The first-order chi connectivity index (χ1) is 12.2. The maximum Gasteiger partial charge on any atom is 0.162 e. The van der Waals surface area contributed by atoms with Gasteiger partial charge in [-0.05, 0) is 30.4 Å². The minimum absolute atomic E-state index is 0.122. The number of aryl methyl sites for hydroxylation is 1. The second-order valence-corrected chi connectivity index (χ2v) is 9.16. The van der Waals surface area contributed by atoms with Gasteiger partial charge in [-0.15, -0.1) is 11.3 Å². The van der Waals surface area contributed by atoms with Crippen molar-refractivity contribution in [2.24, 2.45) is 11.1 Å². The van der Waals surface area contributed by atoms with Crippen molar-refractivity contribution in [3.05, 3.63) is 44.6 Å². The number of rotatable bonds is 3. The van der Waals surface area contributed by atoms with Gasteiger partial charge in [0.1, 0.15) is 5.82 Å². The van der Waals surface area contributed by atoms with Crippen molar-refractivity contribution in [2.75, 3.05) is 14.1 Å². The quantitative estimate of drug-likeness (QED) is 0.881. The van der Waals surface area contributed by atoms with Crippen LogP contribution >= 0.6 is 11.3 Å². The van der Waals surface area contributed by atoms with Crippen LogP contribution in [0.2, 0.25) is 0 Å². The summed E-state index contributed by atoms with van der Waals surface area (Å²) in [6.45, 7) is 6.33. The number of carbonyl (C=O) groups is 1. The molecule has 2 aliphatic rings. The van der Waals surface area contributed by atoms with Crippen LogP contribution in [0.5, 0.6) is 0 Å². The zero-order chi connectivity index (χ0) is 19.2. The zero-order valence-corrected chi connectivity index (χ0v) is 16.9. The number of thiophene rings is 1. The predicted molar refractivity (Wildman–Crippen MR) is 104 cm³/mol. The molecule has 0 saturated carbocycles. The summed E-state index contributed by atoms with van der Waals surface area (Å²) in [5.74, 6) is 0.207. The highest BCUT2D eigenvalue weighted by Crippen LogP contribution is 2.50. The van der Waals surface area contributed by atoms with Crippen molar-refractivity contribution in [3.8, 4) is 6.07 Å². The Balaban J connectivity index is 2.25. The number of hydrogen-bond donors (Lipinski definition) is 1. The van der Waals surface area contributed by atoms with E-state index < -0.39 is 0 Å². The summed E-state index contributed by atoms with van der Waals surface area (Å²) in [6.07, 6.45) is 2.19. The Morgan fingerprint density at radius 3 is 2.62 bits per heavy atom. The molecule has 0 spiro atoms. The Kier molecular flexibility index (Phi) is 4.72. The third-order valence-electron chi connectivity index (χ3n) is 5.07. The van der Waals surface area contributed by atoms with Crippen LogP contribution in [0.25, 0.3) is 0 Å². The molecule has 5 nitrogen and oxygen atoms in total. The summed E-state index contributed by atoms with van der Waals surface area (Å²) in [6, 6.07) is 6.42. The average molecular weight is 371 g/mol. The lowest BCUT2D eigenvalue weighted by atomic mass is 9.70. The van der Waals surface area contributed by atoms with Crippen molar-refractivity contribution < 1.29 is 4.79 Å². The monoisotopic (exact) mass is 370 g/mol. The van der Waals surface area contributed by atoms with Crippen LogP contribution in [-0.4, -0.2) is 29.9 Å².